The molecule has 0 aliphatic carbocycles. The molecule has 0 radical (unpaired) electrons. The molecule has 0 amide bonds. The number of nitrogens with zero attached hydrogens (tertiary/aromatic N) is 2. The van der Waals surface area contributed by atoms with Crippen molar-refractivity contribution < 1.29 is 8.42 Å². The maximum Gasteiger partial charge on any atom is 0.226 e. The van der Waals surface area contributed by atoms with Crippen LogP contribution in [0.5, 0.6) is 0 Å². The fourth-order valence-corrected chi connectivity index (χ4v) is 5.05. The van der Waals surface area contributed by atoms with Crippen LogP contribution in [0.25, 0.3) is 10.9 Å². The summed E-state index contributed by atoms with van der Waals surface area (Å²) in [6.45, 7) is 2.69. The number of benzene rings is 2. The van der Waals surface area contributed by atoms with E-state index in [-0.39, 0.29) is 9.92 Å². The highest BCUT2D eigenvalue weighted by molar-refractivity contribution is 7.91. The molecule has 1 N–H and O–H groups in total. The van der Waals surface area contributed by atoms with Crippen molar-refractivity contribution in [3.8, 4) is 0 Å². The second-order valence-electron chi connectivity index (χ2n) is 6.66. The average Bonchev–Trinajstić information content (AvgIpc) is 3.01. The van der Waals surface area contributed by atoms with Crippen LogP contribution in [0.3, 0.4) is 0 Å². The van der Waals surface area contributed by atoms with Crippen LogP contribution < -0.4 is 5.32 Å². The Balaban J connectivity index is 1.83. The van der Waals surface area contributed by atoms with Crippen molar-refractivity contribution in [2.75, 3.05) is 13.1 Å². The minimum atomic E-state index is -3.71. The Morgan fingerprint density at radius 1 is 1.12 bits per heavy atom. The average molecular weight is 390 g/mol. The summed E-state index contributed by atoms with van der Waals surface area (Å²) in [5.74, 6) is 0.488. The molecule has 1 saturated heterocycles. The smallest absolute Gasteiger partial charge is 0.226 e. The lowest BCUT2D eigenvalue weighted by Gasteiger charge is -2.22. The molecule has 0 saturated carbocycles. The molecule has 0 atom stereocenters. The Labute approximate surface area is 157 Å². The van der Waals surface area contributed by atoms with Crippen LogP contribution in [0.2, 0.25) is 5.02 Å². The number of sulfone groups is 1. The first kappa shape index (κ1) is 17.5. The Bertz CT molecular complexity index is 1030. The minimum absolute atomic E-state index is 0.0788. The SMILES string of the molecule is O=S(=O)(c1ccccc1)c1nn(CC2CCNCC2)c2ccc(Cl)cc12. The largest absolute Gasteiger partial charge is 0.317 e. The molecule has 0 spiro atoms. The topological polar surface area (TPSA) is 64.0 Å². The number of piperidine rings is 1. The second-order valence-corrected chi connectivity index (χ2v) is 8.96. The van der Waals surface area contributed by atoms with Gasteiger partial charge in [-0.15, -0.1) is 0 Å². The lowest BCUT2D eigenvalue weighted by molar-refractivity contribution is 0.323. The van der Waals surface area contributed by atoms with E-state index in [9.17, 15) is 8.42 Å². The van der Waals surface area contributed by atoms with E-state index in [0.29, 0.717) is 22.9 Å². The molecule has 2 heterocycles. The molecule has 7 heteroatoms. The molecular weight excluding hydrogens is 370 g/mol. The van der Waals surface area contributed by atoms with Gasteiger partial charge in [0.1, 0.15) is 0 Å². The van der Waals surface area contributed by atoms with Crippen molar-refractivity contribution in [1.82, 2.24) is 15.1 Å². The number of fused-ring (bicyclic) bond motifs is 1. The van der Waals surface area contributed by atoms with Crippen molar-refractivity contribution in [2.45, 2.75) is 29.3 Å². The molecule has 3 aromatic rings. The van der Waals surface area contributed by atoms with E-state index in [2.05, 4.69) is 10.4 Å². The summed E-state index contributed by atoms with van der Waals surface area (Å²) in [5.41, 5.74) is 0.808. The Morgan fingerprint density at radius 2 is 1.85 bits per heavy atom. The fraction of sp³-hybridized carbons (Fsp3) is 0.316. The monoisotopic (exact) mass is 389 g/mol. The van der Waals surface area contributed by atoms with Gasteiger partial charge in [-0.1, -0.05) is 29.8 Å². The molecule has 1 fully saturated rings. The predicted octanol–water partition coefficient (Wildman–Crippen LogP) is 3.52. The third kappa shape index (κ3) is 3.24. The summed E-state index contributed by atoms with van der Waals surface area (Å²) in [7, 11) is -3.71. The molecule has 1 aliphatic heterocycles. The molecule has 136 valence electrons. The van der Waals surface area contributed by atoms with Gasteiger partial charge in [-0.25, -0.2) is 8.42 Å². The molecule has 26 heavy (non-hydrogen) atoms. The van der Waals surface area contributed by atoms with Crippen LogP contribution in [0.15, 0.2) is 58.5 Å². The molecular formula is C19H20ClN3O2S. The van der Waals surface area contributed by atoms with E-state index in [4.69, 9.17) is 11.6 Å². The van der Waals surface area contributed by atoms with E-state index in [0.717, 1.165) is 31.4 Å². The summed E-state index contributed by atoms with van der Waals surface area (Å²) < 4.78 is 28.1. The van der Waals surface area contributed by atoms with E-state index in [1.165, 1.54) is 0 Å². The van der Waals surface area contributed by atoms with Crippen LogP contribution in [0.4, 0.5) is 0 Å². The van der Waals surface area contributed by atoms with Gasteiger partial charge < -0.3 is 5.32 Å². The van der Waals surface area contributed by atoms with Gasteiger partial charge in [0.15, 0.2) is 5.03 Å². The summed E-state index contributed by atoms with van der Waals surface area (Å²) in [6, 6.07) is 13.7. The van der Waals surface area contributed by atoms with Crippen LogP contribution in [-0.2, 0) is 16.4 Å². The maximum atomic E-state index is 13.1. The number of aromatic nitrogens is 2. The molecule has 0 unspecified atom stereocenters. The van der Waals surface area contributed by atoms with Gasteiger partial charge in [-0.05, 0) is 62.2 Å². The van der Waals surface area contributed by atoms with E-state index in [1.54, 1.807) is 42.5 Å². The zero-order valence-electron chi connectivity index (χ0n) is 14.2. The number of hydrogen-bond acceptors (Lipinski definition) is 4. The van der Waals surface area contributed by atoms with Crippen molar-refractivity contribution in [2.24, 2.45) is 5.92 Å². The molecule has 0 bridgehead atoms. The van der Waals surface area contributed by atoms with Crippen LogP contribution in [-0.4, -0.2) is 31.3 Å². The highest BCUT2D eigenvalue weighted by Crippen LogP contribution is 2.30. The van der Waals surface area contributed by atoms with Gasteiger partial charge in [0.05, 0.1) is 10.4 Å². The highest BCUT2D eigenvalue weighted by atomic mass is 35.5. The molecule has 1 aliphatic rings. The Hall–Kier alpha value is -1.89. The lowest BCUT2D eigenvalue weighted by atomic mass is 9.98. The van der Waals surface area contributed by atoms with Crippen molar-refractivity contribution in [3.05, 3.63) is 53.6 Å². The molecule has 4 rings (SSSR count). The number of halogens is 1. The maximum absolute atomic E-state index is 13.1. The standard InChI is InChI=1S/C19H20ClN3O2S/c20-15-6-7-18-17(12-15)19(26(24,25)16-4-2-1-3-5-16)22-23(18)13-14-8-10-21-11-9-14/h1-7,12,14,21H,8-11,13H2. The van der Waals surface area contributed by atoms with Crippen molar-refractivity contribution in [3.63, 3.8) is 0 Å². The lowest BCUT2D eigenvalue weighted by Crippen LogP contribution is -2.30. The van der Waals surface area contributed by atoms with Gasteiger partial charge in [-0.2, -0.15) is 5.10 Å². The third-order valence-electron chi connectivity index (χ3n) is 4.88. The van der Waals surface area contributed by atoms with Gasteiger partial charge >= 0.3 is 0 Å². The summed E-state index contributed by atoms with van der Waals surface area (Å²) in [6.07, 6.45) is 2.13. The first-order valence-corrected chi connectivity index (χ1v) is 10.6. The fourth-order valence-electron chi connectivity index (χ4n) is 3.48. The zero-order chi connectivity index (χ0) is 18.1. The Kier molecular flexibility index (Phi) is 4.73. The first-order valence-electron chi connectivity index (χ1n) is 8.72. The normalized spacial score (nSPS) is 16.2. The third-order valence-corrected chi connectivity index (χ3v) is 6.82. The first-order chi connectivity index (χ1) is 12.6. The molecule has 2 aromatic carbocycles. The van der Waals surface area contributed by atoms with Crippen LogP contribution >= 0.6 is 11.6 Å². The van der Waals surface area contributed by atoms with Crippen molar-refractivity contribution in [1.29, 1.82) is 0 Å². The van der Waals surface area contributed by atoms with Crippen molar-refractivity contribution >= 4 is 32.3 Å². The van der Waals surface area contributed by atoms with Crippen LogP contribution in [0, 0.1) is 5.92 Å². The zero-order valence-corrected chi connectivity index (χ0v) is 15.8. The number of nitrogens with one attached hydrogen (secondary N) is 1. The summed E-state index contributed by atoms with van der Waals surface area (Å²) in [4.78, 5) is 0.244. The van der Waals surface area contributed by atoms with E-state index >= 15 is 0 Å². The molecule has 5 nitrogen and oxygen atoms in total. The second kappa shape index (κ2) is 7.02. The van der Waals surface area contributed by atoms with Gasteiger partial charge in [0.2, 0.25) is 9.84 Å². The Morgan fingerprint density at radius 3 is 2.58 bits per heavy atom. The molecule has 1 aromatic heterocycles. The minimum Gasteiger partial charge on any atom is -0.317 e. The van der Waals surface area contributed by atoms with Gasteiger partial charge in [0, 0.05) is 17.0 Å². The predicted molar refractivity (Wildman–Crippen MR) is 102 cm³/mol. The number of hydrogen-bond donors (Lipinski definition) is 1. The number of rotatable bonds is 4. The summed E-state index contributed by atoms with van der Waals surface area (Å²) in [5, 5.41) is 9.04. The highest BCUT2D eigenvalue weighted by Gasteiger charge is 2.26. The summed E-state index contributed by atoms with van der Waals surface area (Å²) >= 11 is 6.15. The van der Waals surface area contributed by atoms with E-state index in [1.807, 2.05) is 10.7 Å². The quantitative estimate of drug-likeness (QED) is 0.741. The van der Waals surface area contributed by atoms with Gasteiger partial charge in [0.25, 0.3) is 0 Å². The van der Waals surface area contributed by atoms with E-state index < -0.39 is 9.84 Å². The van der Waals surface area contributed by atoms with Gasteiger partial charge in [-0.3, -0.25) is 4.68 Å². The van der Waals surface area contributed by atoms with Crippen LogP contribution in [0.1, 0.15) is 12.8 Å².